The Kier molecular flexibility index (Phi) is 5.70. The molecule has 0 aromatic heterocycles. The monoisotopic (exact) mass is 438 g/mol. The van der Waals surface area contributed by atoms with E-state index in [2.05, 4.69) is 29.1 Å². The zero-order chi connectivity index (χ0) is 22.3. The van der Waals surface area contributed by atoms with Gasteiger partial charge in [0.15, 0.2) is 0 Å². The molecule has 1 saturated heterocycles. The summed E-state index contributed by atoms with van der Waals surface area (Å²) in [5, 5.41) is 9.75. The SMILES string of the molecule is CNC1CCC(CCC2CC2)(Nc2cccc3c2CN(C2CCC(=O)NC2=O)C3=O)CC1. The normalized spacial score (nSPS) is 30.3. The van der Waals surface area contributed by atoms with Gasteiger partial charge in [0.25, 0.3) is 5.91 Å². The van der Waals surface area contributed by atoms with E-state index in [0.29, 0.717) is 24.6 Å². The largest absolute Gasteiger partial charge is 0.379 e. The van der Waals surface area contributed by atoms with E-state index in [9.17, 15) is 14.4 Å². The lowest BCUT2D eigenvalue weighted by Crippen LogP contribution is -2.52. The first-order valence-electron chi connectivity index (χ1n) is 12.2. The number of piperidine rings is 1. The number of hydrogen-bond donors (Lipinski definition) is 3. The topological polar surface area (TPSA) is 90.5 Å². The zero-order valence-corrected chi connectivity index (χ0v) is 18.9. The summed E-state index contributed by atoms with van der Waals surface area (Å²) in [5.41, 5.74) is 2.77. The number of carbonyl (C=O) groups excluding carboxylic acids is 3. The Morgan fingerprint density at radius 2 is 1.88 bits per heavy atom. The van der Waals surface area contributed by atoms with Gasteiger partial charge in [-0.25, -0.2) is 0 Å². The number of nitrogens with one attached hydrogen (secondary N) is 3. The van der Waals surface area contributed by atoms with Crippen molar-refractivity contribution in [3.63, 3.8) is 0 Å². The van der Waals surface area contributed by atoms with E-state index < -0.39 is 6.04 Å². The molecule has 3 fully saturated rings. The molecule has 32 heavy (non-hydrogen) atoms. The standard InChI is InChI=1S/C25H34N4O3/c1-26-17-10-13-25(14-11-17,12-9-16-5-6-16)28-20-4-2-3-18-19(20)15-29(24(18)32)21-7-8-22(30)27-23(21)31/h2-4,16-17,21,26,28H,5-15H2,1H3,(H,27,30,31). The number of fused-ring (bicyclic) bond motifs is 1. The highest BCUT2D eigenvalue weighted by atomic mass is 16.2. The summed E-state index contributed by atoms with van der Waals surface area (Å²) in [6.45, 7) is 0.418. The van der Waals surface area contributed by atoms with E-state index in [0.717, 1.165) is 42.9 Å². The Bertz CT molecular complexity index is 918. The van der Waals surface area contributed by atoms with E-state index in [1.165, 1.54) is 25.7 Å². The van der Waals surface area contributed by atoms with Crippen molar-refractivity contribution >= 4 is 23.4 Å². The van der Waals surface area contributed by atoms with Gasteiger partial charge in [-0.15, -0.1) is 0 Å². The van der Waals surface area contributed by atoms with E-state index in [1.54, 1.807) is 4.90 Å². The van der Waals surface area contributed by atoms with Crippen LogP contribution in [0.15, 0.2) is 18.2 Å². The number of anilines is 1. The van der Waals surface area contributed by atoms with Gasteiger partial charge >= 0.3 is 0 Å². The van der Waals surface area contributed by atoms with Crippen LogP contribution in [0.3, 0.4) is 0 Å². The zero-order valence-electron chi connectivity index (χ0n) is 18.9. The van der Waals surface area contributed by atoms with Gasteiger partial charge in [0, 0.05) is 41.4 Å². The van der Waals surface area contributed by atoms with E-state index in [-0.39, 0.29) is 29.7 Å². The Morgan fingerprint density at radius 3 is 2.56 bits per heavy atom. The van der Waals surface area contributed by atoms with Crippen molar-refractivity contribution in [2.75, 3.05) is 12.4 Å². The van der Waals surface area contributed by atoms with Crippen LogP contribution in [-0.2, 0) is 16.1 Å². The second kappa shape index (κ2) is 8.50. The molecular weight excluding hydrogens is 404 g/mol. The Labute approximate surface area is 189 Å². The maximum atomic E-state index is 13.2. The molecular formula is C25H34N4O3. The molecule has 3 amide bonds. The first-order chi connectivity index (χ1) is 15.5. The van der Waals surface area contributed by atoms with Gasteiger partial charge in [-0.3, -0.25) is 19.7 Å². The van der Waals surface area contributed by atoms with E-state index >= 15 is 0 Å². The molecule has 1 aromatic rings. The number of nitrogens with zero attached hydrogens (tertiary/aromatic N) is 1. The fraction of sp³-hybridized carbons (Fsp3) is 0.640. The van der Waals surface area contributed by atoms with Crippen molar-refractivity contribution in [2.45, 2.75) is 88.4 Å². The molecule has 1 unspecified atom stereocenters. The molecule has 7 nitrogen and oxygen atoms in total. The molecule has 2 aliphatic carbocycles. The predicted molar refractivity (Wildman–Crippen MR) is 122 cm³/mol. The molecule has 5 rings (SSSR count). The van der Waals surface area contributed by atoms with Crippen molar-refractivity contribution < 1.29 is 14.4 Å². The first-order valence-corrected chi connectivity index (χ1v) is 12.2. The molecule has 172 valence electrons. The van der Waals surface area contributed by atoms with Crippen molar-refractivity contribution in [3.05, 3.63) is 29.3 Å². The summed E-state index contributed by atoms with van der Waals surface area (Å²) in [6, 6.07) is 5.90. The Balaban J connectivity index is 1.37. The van der Waals surface area contributed by atoms with Gasteiger partial charge in [-0.2, -0.15) is 0 Å². The van der Waals surface area contributed by atoms with Crippen molar-refractivity contribution in [2.24, 2.45) is 5.92 Å². The summed E-state index contributed by atoms with van der Waals surface area (Å²) >= 11 is 0. The Morgan fingerprint density at radius 1 is 1.09 bits per heavy atom. The summed E-state index contributed by atoms with van der Waals surface area (Å²) in [6.07, 6.45) is 10.4. The average Bonchev–Trinajstić information content (AvgIpc) is 3.56. The second-order valence-corrected chi connectivity index (χ2v) is 10.2. The highest BCUT2D eigenvalue weighted by molar-refractivity contribution is 6.06. The third kappa shape index (κ3) is 4.15. The Hall–Kier alpha value is -2.41. The summed E-state index contributed by atoms with van der Waals surface area (Å²) in [7, 11) is 2.05. The lowest BCUT2D eigenvalue weighted by Gasteiger charge is -2.42. The van der Waals surface area contributed by atoms with Crippen LogP contribution in [-0.4, -0.2) is 47.3 Å². The van der Waals surface area contributed by atoms with Crippen LogP contribution in [0.5, 0.6) is 0 Å². The van der Waals surface area contributed by atoms with Crippen LogP contribution in [0.25, 0.3) is 0 Å². The third-order valence-electron chi connectivity index (χ3n) is 8.06. The second-order valence-electron chi connectivity index (χ2n) is 10.2. The van der Waals surface area contributed by atoms with Gasteiger partial charge in [0.2, 0.25) is 11.8 Å². The van der Waals surface area contributed by atoms with Crippen molar-refractivity contribution in [1.29, 1.82) is 0 Å². The van der Waals surface area contributed by atoms with Gasteiger partial charge < -0.3 is 15.5 Å². The highest BCUT2D eigenvalue weighted by Crippen LogP contribution is 2.42. The lowest BCUT2D eigenvalue weighted by molar-refractivity contribution is -0.136. The summed E-state index contributed by atoms with van der Waals surface area (Å²) in [4.78, 5) is 38.8. The van der Waals surface area contributed by atoms with Gasteiger partial charge in [-0.05, 0) is 70.0 Å². The molecule has 1 aromatic carbocycles. The van der Waals surface area contributed by atoms with Crippen LogP contribution < -0.4 is 16.0 Å². The number of amides is 3. The van der Waals surface area contributed by atoms with Gasteiger partial charge in [-0.1, -0.05) is 18.9 Å². The van der Waals surface area contributed by atoms with Crippen LogP contribution in [0.2, 0.25) is 0 Å². The van der Waals surface area contributed by atoms with Crippen molar-refractivity contribution in [1.82, 2.24) is 15.5 Å². The number of imide groups is 1. The lowest BCUT2D eigenvalue weighted by atomic mass is 9.75. The summed E-state index contributed by atoms with van der Waals surface area (Å²) < 4.78 is 0. The molecule has 0 spiro atoms. The minimum Gasteiger partial charge on any atom is -0.379 e. The summed E-state index contributed by atoms with van der Waals surface area (Å²) in [5.74, 6) is 0.168. The number of benzene rings is 1. The average molecular weight is 439 g/mol. The molecule has 1 atom stereocenters. The smallest absolute Gasteiger partial charge is 0.255 e. The quantitative estimate of drug-likeness (QED) is 0.570. The first kappa shape index (κ1) is 21.4. The molecule has 0 radical (unpaired) electrons. The van der Waals surface area contributed by atoms with E-state index in [4.69, 9.17) is 0 Å². The van der Waals surface area contributed by atoms with Gasteiger partial charge in [0.05, 0.1) is 0 Å². The van der Waals surface area contributed by atoms with Crippen LogP contribution >= 0.6 is 0 Å². The molecule has 0 bridgehead atoms. The van der Waals surface area contributed by atoms with Gasteiger partial charge in [0.1, 0.15) is 6.04 Å². The minimum absolute atomic E-state index is 0.0656. The predicted octanol–water partition coefficient (Wildman–Crippen LogP) is 2.95. The molecule has 2 aliphatic heterocycles. The van der Waals surface area contributed by atoms with Crippen LogP contribution in [0.1, 0.15) is 80.1 Å². The number of rotatable bonds is 7. The maximum Gasteiger partial charge on any atom is 0.255 e. The fourth-order valence-electron chi connectivity index (χ4n) is 5.77. The molecule has 2 heterocycles. The van der Waals surface area contributed by atoms with Crippen molar-refractivity contribution in [3.8, 4) is 0 Å². The molecule has 2 saturated carbocycles. The van der Waals surface area contributed by atoms with Crippen LogP contribution in [0.4, 0.5) is 5.69 Å². The number of hydrogen-bond acceptors (Lipinski definition) is 5. The number of carbonyl (C=O) groups is 3. The molecule has 7 heteroatoms. The maximum absolute atomic E-state index is 13.2. The van der Waals surface area contributed by atoms with E-state index in [1.807, 2.05) is 12.1 Å². The fourth-order valence-corrected chi connectivity index (χ4v) is 5.77. The highest BCUT2D eigenvalue weighted by Gasteiger charge is 2.41. The minimum atomic E-state index is -0.574. The molecule has 4 aliphatic rings. The molecule has 3 N–H and O–H groups in total. The van der Waals surface area contributed by atoms with Crippen LogP contribution in [0, 0.1) is 5.92 Å². The third-order valence-corrected chi connectivity index (χ3v) is 8.06.